The summed E-state index contributed by atoms with van der Waals surface area (Å²) >= 11 is -0.0344. The van der Waals surface area contributed by atoms with Crippen LogP contribution in [0.25, 0.3) is 0 Å². The number of rotatable bonds is 13. The highest BCUT2D eigenvalue weighted by molar-refractivity contribution is 7.96. The quantitative estimate of drug-likeness (QED) is 0.138. The Morgan fingerprint density at radius 3 is 2.27 bits per heavy atom. The van der Waals surface area contributed by atoms with E-state index in [1.165, 1.54) is 19.3 Å². The fourth-order valence-corrected chi connectivity index (χ4v) is 6.49. The molecule has 0 aromatic rings. The van der Waals surface area contributed by atoms with Crippen molar-refractivity contribution in [1.82, 2.24) is 0 Å². The molecule has 0 radical (unpaired) electrons. The summed E-state index contributed by atoms with van der Waals surface area (Å²) in [7, 11) is 0. The topological polar surface area (TPSA) is 94.1 Å². The Morgan fingerprint density at radius 2 is 1.70 bits per heavy atom. The van der Waals surface area contributed by atoms with Crippen LogP contribution in [0, 0.1) is 23.2 Å². The molecule has 0 heterocycles. The predicted octanol–water partition coefficient (Wildman–Crippen LogP) is 3.80. The molecule has 0 N–H and O–H groups in total. The number of hydrogen-bond acceptors (Lipinski definition) is 8. The fourth-order valence-electron chi connectivity index (χ4n) is 6.00. The maximum Gasteiger partial charge on any atom is 0.357 e. The SMILES string of the molecule is CCCCCCC(F)(SOO[O-])C(=O)OCC(=O)OCC12CC3CC(CC(C3)C1)C2. The molecule has 0 aromatic heterocycles. The van der Waals surface area contributed by atoms with Gasteiger partial charge in [-0.1, -0.05) is 26.2 Å². The van der Waals surface area contributed by atoms with Crippen molar-refractivity contribution in [3.05, 3.63) is 0 Å². The minimum absolute atomic E-state index is 0.0344. The van der Waals surface area contributed by atoms with Gasteiger partial charge in [-0.05, 0) is 62.7 Å². The first-order valence-corrected chi connectivity index (χ1v) is 11.8. The molecule has 4 aliphatic rings. The van der Waals surface area contributed by atoms with Crippen LogP contribution in [0.3, 0.4) is 0 Å². The van der Waals surface area contributed by atoms with Crippen LogP contribution in [0.15, 0.2) is 0 Å². The van der Waals surface area contributed by atoms with Crippen molar-refractivity contribution < 1.29 is 38.1 Å². The Kier molecular flexibility index (Phi) is 8.40. The smallest absolute Gasteiger partial charge is 0.357 e. The standard InChI is InChI=1S/C21H33FO7S/c1-2-3-4-5-6-21(22,30-29-28-25)19(24)26-13-18(23)27-14-20-10-15-7-16(11-20)9-17(8-15)12-20/h15-17,25H,2-14H2,1H3/p-1. The molecule has 4 bridgehead atoms. The second kappa shape index (κ2) is 10.6. The zero-order valence-electron chi connectivity index (χ0n) is 17.6. The maximum absolute atomic E-state index is 14.9. The van der Waals surface area contributed by atoms with Gasteiger partial charge < -0.3 is 14.7 Å². The molecule has 172 valence electrons. The summed E-state index contributed by atoms with van der Waals surface area (Å²) in [5, 5.41) is 10.6. The van der Waals surface area contributed by atoms with Crippen molar-refractivity contribution in [2.75, 3.05) is 13.2 Å². The predicted molar refractivity (Wildman–Crippen MR) is 105 cm³/mol. The molecule has 0 saturated heterocycles. The Bertz CT molecular complexity index is 567. The summed E-state index contributed by atoms with van der Waals surface area (Å²) in [5.41, 5.74) is 0.0622. The third-order valence-electron chi connectivity index (χ3n) is 6.88. The van der Waals surface area contributed by atoms with Gasteiger partial charge in [0.15, 0.2) is 6.61 Å². The van der Waals surface area contributed by atoms with Gasteiger partial charge >= 0.3 is 11.9 Å². The zero-order chi connectivity index (χ0) is 21.6. The van der Waals surface area contributed by atoms with Crippen LogP contribution in [0.1, 0.15) is 77.6 Å². The molecule has 30 heavy (non-hydrogen) atoms. The normalized spacial score (nSPS) is 31.4. The zero-order valence-corrected chi connectivity index (χ0v) is 18.4. The molecule has 4 saturated carbocycles. The van der Waals surface area contributed by atoms with Crippen molar-refractivity contribution in [3.8, 4) is 0 Å². The molecule has 0 aliphatic heterocycles. The Balaban J connectivity index is 1.43. The Morgan fingerprint density at radius 1 is 1.07 bits per heavy atom. The van der Waals surface area contributed by atoms with Crippen LogP contribution in [0.2, 0.25) is 0 Å². The lowest BCUT2D eigenvalue weighted by Crippen LogP contribution is -2.48. The fraction of sp³-hybridized carbons (Fsp3) is 0.905. The van der Waals surface area contributed by atoms with Gasteiger partial charge in [-0.15, -0.1) is 0 Å². The summed E-state index contributed by atoms with van der Waals surface area (Å²) in [6.45, 7) is 1.69. The molecule has 0 amide bonds. The van der Waals surface area contributed by atoms with E-state index in [-0.39, 0.29) is 23.9 Å². The van der Waals surface area contributed by atoms with E-state index in [4.69, 9.17) is 9.47 Å². The monoisotopic (exact) mass is 447 g/mol. The van der Waals surface area contributed by atoms with E-state index < -0.39 is 23.5 Å². The number of unbranched alkanes of at least 4 members (excludes halogenated alkanes) is 3. The third kappa shape index (κ3) is 6.08. The minimum atomic E-state index is -2.61. The lowest BCUT2D eigenvalue weighted by molar-refractivity contribution is -0.777. The van der Waals surface area contributed by atoms with E-state index in [9.17, 15) is 19.2 Å². The number of halogens is 1. The largest absolute Gasteiger partial charge is 0.691 e. The lowest BCUT2D eigenvalue weighted by Gasteiger charge is -2.56. The van der Waals surface area contributed by atoms with Gasteiger partial charge in [0.25, 0.3) is 5.00 Å². The van der Waals surface area contributed by atoms with Crippen molar-refractivity contribution in [3.63, 3.8) is 0 Å². The number of ether oxygens (including phenoxy) is 2. The first kappa shape index (κ1) is 23.8. The van der Waals surface area contributed by atoms with E-state index in [1.807, 2.05) is 6.92 Å². The molecule has 7 nitrogen and oxygen atoms in total. The molecule has 9 heteroatoms. The summed E-state index contributed by atoms with van der Waals surface area (Å²) in [4.78, 5) is 24.3. The average molecular weight is 448 g/mol. The molecule has 4 rings (SSSR count). The Labute approximate surface area is 181 Å². The van der Waals surface area contributed by atoms with E-state index in [0.29, 0.717) is 13.0 Å². The van der Waals surface area contributed by atoms with Crippen molar-refractivity contribution in [1.29, 1.82) is 0 Å². The molecule has 4 fully saturated rings. The number of hydrogen-bond donors (Lipinski definition) is 0. The first-order valence-electron chi connectivity index (χ1n) is 11.0. The highest BCUT2D eigenvalue weighted by atomic mass is 32.2. The van der Waals surface area contributed by atoms with Gasteiger partial charge in [-0.2, -0.15) is 4.33 Å². The highest BCUT2D eigenvalue weighted by Crippen LogP contribution is 2.60. The van der Waals surface area contributed by atoms with Crippen molar-refractivity contribution in [2.45, 2.75) is 82.6 Å². The lowest BCUT2D eigenvalue weighted by atomic mass is 9.50. The van der Waals surface area contributed by atoms with Crippen LogP contribution < -0.4 is 5.26 Å². The number of esters is 2. The molecule has 1 unspecified atom stereocenters. The van der Waals surface area contributed by atoms with E-state index in [1.54, 1.807) is 0 Å². The average Bonchev–Trinajstić information content (AvgIpc) is 2.71. The van der Waals surface area contributed by atoms with Crippen LogP contribution >= 0.6 is 12.0 Å². The van der Waals surface area contributed by atoms with Crippen LogP contribution in [0.5, 0.6) is 0 Å². The summed E-state index contributed by atoms with van der Waals surface area (Å²) in [5.74, 6) is 0.278. The maximum atomic E-state index is 14.9. The van der Waals surface area contributed by atoms with Gasteiger partial charge in [0.2, 0.25) is 0 Å². The van der Waals surface area contributed by atoms with Crippen LogP contribution in [-0.2, 0) is 28.4 Å². The van der Waals surface area contributed by atoms with E-state index in [0.717, 1.165) is 56.3 Å². The van der Waals surface area contributed by atoms with E-state index in [2.05, 4.69) is 9.37 Å². The minimum Gasteiger partial charge on any atom is -0.691 e. The highest BCUT2D eigenvalue weighted by Gasteiger charge is 2.51. The van der Waals surface area contributed by atoms with Crippen LogP contribution in [-0.4, -0.2) is 30.2 Å². The van der Waals surface area contributed by atoms with Gasteiger partial charge in [-0.3, -0.25) is 5.04 Å². The molecule has 1 atom stereocenters. The van der Waals surface area contributed by atoms with Crippen LogP contribution in [0.4, 0.5) is 4.39 Å². The van der Waals surface area contributed by atoms with Gasteiger partial charge in [0, 0.05) is 11.8 Å². The second-order valence-electron chi connectivity index (χ2n) is 9.41. The third-order valence-corrected chi connectivity index (χ3v) is 7.63. The summed E-state index contributed by atoms with van der Waals surface area (Å²) in [6, 6.07) is 0. The molecule has 4 aliphatic carbocycles. The van der Waals surface area contributed by atoms with Gasteiger partial charge in [0.1, 0.15) is 0 Å². The number of alkyl halides is 1. The first-order chi connectivity index (χ1) is 14.4. The van der Waals surface area contributed by atoms with Crippen molar-refractivity contribution >= 4 is 24.0 Å². The molecular formula is C21H32FO7S-. The second-order valence-corrected chi connectivity index (χ2v) is 10.4. The number of carbonyl (C=O) groups excluding carboxylic acids is 2. The van der Waals surface area contributed by atoms with Gasteiger partial charge in [0.05, 0.1) is 18.6 Å². The number of carbonyl (C=O) groups is 2. The molecule has 0 aromatic carbocycles. The van der Waals surface area contributed by atoms with Gasteiger partial charge in [-0.25, -0.2) is 14.0 Å². The van der Waals surface area contributed by atoms with E-state index >= 15 is 0 Å². The van der Waals surface area contributed by atoms with Crippen molar-refractivity contribution in [2.24, 2.45) is 23.2 Å². The Hall–Kier alpha value is -0.900. The molecule has 0 spiro atoms. The summed E-state index contributed by atoms with van der Waals surface area (Å²) in [6.07, 6.45) is 9.96. The molecular weight excluding hydrogens is 415 g/mol. The summed E-state index contributed by atoms with van der Waals surface area (Å²) < 4.78 is 29.3.